The minimum atomic E-state index is -1.87. The first-order valence-corrected chi connectivity index (χ1v) is 8.20. The van der Waals surface area contributed by atoms with E-state index in [-0.39, 0.29) is 13.2 Å². The lowest BCUT2D eigenvalue weighted by Gasteiger charge is -2.44. The lowest BCUT2D eigenvalue weighted by Crippen LogP contribution is -2.63. The fraction of sp³-hybridized carbons (Fsp3) is 1.00. The lowest BCUT2D eigenvalue weighted by atomic mass is 9.98. The van der Waals surface area contributed by atoms with Gasteiger partial charge in [0.15, 0.2) is 6.29 Å². The Morgan fingerprint density at radius 2 is 1.62 bits per heavy atom. The van der Waals surface area contributed by atoms with Crippen LogP contribution >= 0.6 is 0 Å². The first kappa shape index (κ1) is 21.9. The summed E-state index contributed by atoms with van der Waals surface area (Å²) < 4.78 is 31.8. The van der Waals surface area contributed by atoms with Crippen molar-refractivity contribution in [2.45, 2.75) is 54.8 Å². The summed E-state index contributed by atoms with van der Waals surface area (Å²) in [6, 6.07) is 0. The fourth-order valence-electron chi connectivity index (χ4n) is 3.25. The molecule has 0 aromatic rings. The molecule has 11 heteroatoms. The maximum atomic E-state index is 10.4. The smallest absolute Gasteiger partial charge is 0.224 e. The van der Waals surface area contributed by atoms with Crippen LogP contribution in [0.25, 0.3) is 0 Å². The van der Waals surface area contributed by atoms with E-state index in [1.165, 1.54) is 21.3 Å². The summed E-state index contributed by atoms with van der Waals surface area (Å²) in [6.45, 7) is -0.821. The Morgan fingerprint density at radius 1 is 0.923 bits per heavy atom. The Morgan fingerprint density at radius 3 is 2.15 bits per heavy atom. The summed E-state index contributed by atoms with van der Waals surface area (Å²) in [5, 5.41) is 50.5. The number of rotatable bonds is 8. The van der Waals surface area contributed by atoms with Crippen LogP contribution < -0.4 is 0 Å². The maximum absolute atomic E-state index is 10.4. The molecule has 0 saturated carbocycles. The van der Waals surface area contributed by atoms with E-state index in [4.69, 9.17) is 28.4 Å². The van der Waals surface area contributed by atoms with Crippen molar-refractivity contribution in [3.05, 3.63) is 0 Å². The zero-order valence-electron chi connectivity index (χ0n) is 14.9. The molecule has 0 aromatic heterocycles. The predicted octanol–water partition coefficient (Wildman–Crippen LogP) is -3.43. The molecule has 2 heterocycles. The molecular weight excluding hydrogens is 356 g/mol. The van der Waals surface area contributed by atoms with Gasteiger partial charge >= 0.3 is 0 Å². The van der Waals surface area contributed by atoms with E-state index in [0.29, 0.717) is 0 Å². The van der Waals surface area contributed by atoms with Crippen LogP contribution in [0.15, 0.2) is 0 Å². The van der Waals surface area contributed by atoms with E-state index in [1.54, 1.807) is 0 Å². The second-order valence-electron chi connectivity index (χ2n) is 6.32. The molecule has 0 aromatic carbocycles. The number of ether oxygens (including phenoxy) is 6. The van der Waals surface area contributed by atoms with Crippen molar-refractivity contribution >= 4 is 0 Å². The van der Waals surface area contributed by atoms with Gasteiger partial charge in [-0.25, -0.2) is 0 Å². The Labute approximate surface area is 150 Å². The molecule has 2 rings (SSSR count). The molecule has 5 N–H and O–H groups in total. The third-order valence-corrected chi connectivity index (χ3v) is 4.59. The average molecular weight is 384 g/mol. The van der Waals surface area contributed by atoms with Gasteiger partial charge in [0.25, 0.3) is 0 Å². The largest absolute Gasteiger partial charge is 0.394 e. The van der Waals surface area contributed by atoms with Gasteiger partial charge in [-0.3, -0.25) is 0 Å². The van der Waals surface area contributed by atoms with Crippen molar-refractivity contribution in [3.8, 4) is 0 Å². The standard InChI is InChI=1S/C15H28O11/c1-21-5-8-9(17)13(20)15(25-8,6-22-2)26-14-11(19)10(18)12(23-3)7(4-16)24-14/h7-14,16-20H,4-6H2,1-3H3. The number of aliphatic hydroxyl groups excluding tert-OH is 5. The zero-order valence-corrected chi connectivity index (χ0v) is 14.9. The van der Waals surface area contributed by atoms with Crippen molar-refractivity contribution in [3.63, 3.8) is 0 Å². The molecule has 0 spiro atoms. The quantitative estimate of drug-likeness (QED) is 0.284. The van der Waals surface area contributed by atoms with E-state index in [1.807, 2.05) is 0 Å². The van der Waals surface area contributed by atoms with E-state index in [2.05, 4.69) is 0 Å². The van der Waals surface area contributed by atoms with Crippen LogP contribution in [0.1, 0.15) is 0 Å². The fourth-order valence-corrected chi connectivity index (χ4v) is 3.25. The molecule has 11 nitrogen and oxygen atoms in total. The summed E-state index contributed by atoms with van der Waals surface area (Å²) in [5.74, 6) is -1.87. The topological polar surface area (TPSA) is 157 Å². The molecule has 9 atom stereocenters. The molecule has 2 fully saturated rings. The normalized spacial score (nSPS) is 46.6. The first-order valence-electron chi connectivity index (χ1n) is 8.20. The van der Waals surface area contributed by atoms with Gasteiger partial charge in [0.2, 0.25) is 5.79 Å². The SMILES string of the molecule is COCC1OC(COC)(OC2OC(CO)C(OC)C(O)C2O)C(O)C1O. The molecule has 26 heavy (non-hydrogen) atoms. The van der Waals surface area contributed by atoms with Crippen LogP contribution in [0, 0.1) is 0 Å². The molecule has 0 amide bonds. The summed E-state index contributed by atoms with van der Waals surface area (Å²) in [4.78, 5) is 0. The van der Waals surface area contributed by atoms with Gasteiger partial charge in [0, 0.05) is 21.3 Å². The number of hydrogen-bond acceptors (Lipinski definition) is 11. The minimum absolute atomic E-state index is 0.0191. The number of hydrogen-bond donors (Lipinski definition) is 5. The molecule has 0 bridgehead atoms. The molecule has 2 saturated heterocycles. The summed E-state index contributed by atoms with van der Waals surface area (Å²) in [7, 11) is 4.04. The lowest BCUT2D eigenvalue weighted by molar-refractivity contribution is -0.385. The molecular formula is C15H28O11. The monoisotopic (exact) mass is 384 g/mol. The molecule has 9 unspecified atom stereocenters. The second kappa shape index (κ2) is 9.17. The van der Waals surface area contributed by atoms with E-state index >= 15 is 0 Å². The van der Waals surface area contributed by atoms with Crippen molar-refractivity contribution in [2.75, 3.05) is 41.2 Å². The molecule has 2 aliphatic heterocycles. The van der Waals surface area contributed by atoms with Crippen LogP contribution in [0.3, 0.4) is 0 Å². The van der Waals surface area contributed by atoms with Crippen molar-refractivity contribution in [1.82, 2.24) is 0 Å². The van der Waals surface area contributed by atoms with E-state index in [0.717, 1.165) is 0 Å². The highest BCUT2D eigenvalue weighted by atomic mass is 16.8. The van der Waals surface area contributed by atoms with Gasteiger partial charge in [-0.2, -0.15) is 0 Å². The Balaban J connectivity index is 2.21. The first-order chi connectivity index (χ1) is 12.3. The third kappa shape index (κ3) is 4.03. The number of aliphatic hydroxyl groups is 5. The Bertz CT molecular complexity index is 436. The zero-order chi connectivity index (χ0) is 19.5. The van der Waals surface area contributed by atoms with Crippen molar-refractivity contribution in [2.24, 2.45) is 0 Å². The van der Waals surface area contributed by atoms with Crippen LogP contribution in [-0.4, -0.2) is 121 Å². The molecule has 2 aliphatic rings. The van der Waals surface area contributed by atoms with Gasteiger partial charge < -0.3 is 54.0 Å². The number of methoxy groups -OCH3 is 3. The van der Waals surface area contributed by atoms with Crippen LogP contribution in [0.2, 0.25) is 0 Å². The molecule has 0 aliphatic carbocycles. The van der Waals surface area contributed by atoms with Gasteiger partial charge in [-0.15, -0.1) is 0 Å². The Hall–Kier alpha value is -0.440. The predicted molar refractivity (Wildman–Crippen MR) is 83.0 cm³/mol. The van der Waals surface area contributed by atoms with E-state index in [9.17, 15) is 25.5 Å². The van der Waals surface area contributed by atoms with Crippen LogP contribution in [0.5, 0.6) is 0 Å². The van der Waals surface area contributed by atoms with Crippen LogP contribution in [0.4, 0.5) is 0 Å². The summed E-state index contributed by atoms with van der Waals surface area (Å²) >= 11 is 0. The van der Waals surface area contributed by atoms with Crippen LogP contribution in [-0.2, 0) is 28.4 Å². The highest BCUT2D eigenvalue weighted by Gasteiger charge is 2.58. The minimum Gasteiger partial charge on any atom is -0.394 e. The van der Waals surface area contributed by atoms with Gasteiger partial charge in [0.1, 0.15) is 49.3 Å². The Kier molecular flexibility index (Phi) is 7.71. The second-order valence-corrected chi connectivity index (χ2v) is 6.32. The summed E-state index contributed by atoms with van der Waals surface area (Å²) in [6.07, 6.45) is -10.2. The van der Waals surface area contributed by atoms with Gasteiger partial charge in [-0.05, 0) is 0 Å². The molecule has 154 valence electrons. The summed E-state index contributed by atoms with van der Waals surface area (Å²) in [5.41, 5.74) is 0. The highest BCUT2D eigenvalue weighted by molar-refractivity contribution is 4.99. The van der Waals surface area contributed by atoms with Crippen molar-refractivity contribution < 1.29 is 54.0 Å². The van der Waals surface area contributed by atoms with Gasteiger partial charge in [-0.1, -0.05) is 0 Å². The van der Waals surface area contributed by atoms with Gasteiger partial charge in [0.05, 0.1) is 13.2 Å². The molecule has 0 radical (unpaired) electrons. The third-order valence-electron chi connectivity index (χ3n) is 4.59. The average Bonchev–Trinajstić information content (AvgIpc) is 2.84. The van der Waals surface area contributed by atoms with Crippen molar-refractivity contribution in [1.29, 1.82) is 0 Å². The maximum Gasteiger partial charge on any atom is 0.224 e. The van der Waals surface area contributed by atoms with E-state index < -0.39 is 61.4 Å². The highest BCUT2D eigenvalue weighted by Crippen LogP contribution is 2.36.